The molecule has 0 spiro atoms. The van der Waals surface area contributed by atoms with E-state index in [1.807, 2.05) is 41.3 Å². The second-order valence-corrected chi connectivity index (χ2v) is 9.30. The number of benzene rings is 2. The largest absolute Gasteiger partial charge is 0.382 e. The van der Waals surface area contributed by atoms with Gasteiger partial charge in [0.25, 0.3) is 0 Å². The summed E-state index contributed by atoms with van der Waals surface area (Å²) in [5, 5.41) is 14.9. The molecule has 1 aliphatic heterocycles. The van der Waals surface area contributed by atoms with Crippen molar-refractivity contribution in [3.8, 4) is 6.07 Å². The summed E-state index contributed by atoms with van der Waals surface area (Å²) in [6.45, 7) is 1.15. The molecule has 0 aliphatic carbocycles. The van der Waals surface area contributed by atoms with E-state index in [9.17, 15) is 17.6 Å². The van der Waals surface area contributed by atoms with Crippen molar-refractivity contribution in [1.82, 2.24) is 10.2 Å². The third-order valence-corrected chi connectivity index (χ3v) is 6.58. The van der Waals surface area contributed by atoms with Crippen LogP contribution in [0.1, 0.15) is 17.2 Å². The van der Waals surface area contributed by atoms with Crippen molar-refractivity contribution in [1.29, 1.82) is 5.26 Å². The van der Waals surface area contributed by atoms with E-state index in [4.69, 9.17) is 5.26 Å². The van der Waals surface area contributed by atoms with Crippen LogP contribution in [0.5, 0.6) is 0 Å². The maximum atomic E-state index is 13.7. The molecule has 1 aliphatic rings. The van der Waals surface area contributed by atoms with Crippen LogP contribution in [0.25, 0.3) is 0 Å². The molecule has 1 unspecified atom stereocenters. The monoisotopic (exact) mass is 430 g/mol. The van der Waals surface area contributed by atoms with Gasteiger partial charge in [0.2, 0.25) is 5.91 Å². The molecule has 7 nitrogen and oxygen atoms in total. The third-order valence-electron chi connectivity index (χ3n) is 4.97. The fraction of sp³-hybridized carbons (Fsp3) is 0.333. The van der Waals surface area contributed by atoms with Gasteiger partial charge in [-0.25, -0.2) is 12.8 Å². The Balaban J connectivity index is 1.63. The number of amides is 1. The highest BCUT2D eigenvalue weighted by atomic mass is 32.2. The lowest BCUT2D eigenvalue weighted by molar-refractivity contribution is -0.126. The summed E-state index contributed by atoms with van der Waals surface area (Å²) >= 11 is 0. The van der Waals surface area contributed by atoms with Crippen LogP contribution in [0.2, 0.25) is 0 Å². The molecule has 2 N–H and O–H groups in total. The first-order chi connectivity index (χ1) is 14.4. The molecule has 30 heavy (non-hydrogen) atoms. The Bertz CT molecular complexity index is 1020. The van der Waals surface area contributed by atoms with Crippen molar-refractivity contribution < 1.29 is 17.6 Å². The van der Waals surface area contributed by atoms with Gasteiger partial charge in [0.1, 0.15) is 23.5 Å². The molecule has 1 amide bonds. The van der Waals surface area contributed by atoms with Crippen LogP contribution in [-0.2, 0) is 14.6 Å². The maximum absolute atomic E-state index is 13.7. The molecule has 0 aromatic heterocycles. The molecule has 2 aromatic carbocycles. The Hall–Kier alpha value is -2.96. The van der Waals surface area contributed by atoms with Gasteiger partial charge in [-0.1, -0.05) is 36.4 Å². The van der Waals surface area contributed by atoms with Crippen molar-refractivity contribution >= 4 is 21.4 Å². The van der Waals surface area contributed by atoms with Crippen molar-refractivity contribution in [3.63, 3.8) is 0 Å². The van der Waals surface area contributed by atoms with Crippen molar-refractivity contribution in [3.05, 3.63) is 65.5 Å². The molecule has 1 fully saturated rings. The topological polar surface area (TPSA) is 102 Å². The van der Waals surface area contributed by atoms with Crippen molar-refractivity contribution in [2.45, 2.75) is 6.04 Å². The summed E-state index contributed by atoms with van der Waals surface area (Å²) in [7, 11) is -3.06. The molecular weight excluding hydrogens is 407 g/mol. The zero-order chi connectivity index (χ0) is 21.6. The minimum atomic E-state index is -3.06. The van der Waals surface area contributed by atoms with Gasteiger partial charge in [0.15, 0.2) is 9.84 Å². The smallest absolute Gasteiger partial charge is 0.242 e. The molecule has 2 aromatic rings. The lowest BCUT2D eigenvalue weighted by atomic mass is 10.0. The first-order valence-electron chi connectivity index (χ1n) is 9.61. The Kier molecular flexibility index (Phi) is 7.03. The first kappa shape index (κ1) is 21.7. The average Bonchev–Trinajstić information content (AvgIpc) is 2.73. The molecule has 0 bridgehead atoms. The molecule has 1 heterocycles. The van der Waals surface area contributed by atoms with Gasteiger partial charge < -0.3 is 10.6 Å². The molecule has 9 heteroatoms. The molecule has 3 rings (SSSR count). The van der Waals surface area contributed by atoms with Gasteiger partial charge in [0.05, 0.1) is 17.2 Å². The van der Waals surface area contributed by atoms with E-state index in [-0.39, 0.29) is 29.5 Å². The standard InChI is InChI=1S/C21H23FN4O3S/c22-18-7-4-8-19(17(18)15-23)24-9-10-25-21(27)20(16-5-2-1-3-6-16)26-11-13-30(28,29)14-12-26/h1-8,20,24H,9-14H2,(H,25,27). The van der Waals surface area contributed by atoms with E-state index >= 15 is 0 Å². The van der Waals surface area contributed by atoms with E-state index in [0.717, 1.165) is 5.56 Å². The molecule has 158 valence electrons. The predicted molar refractivity (Wildman–Crippen MR) is 112 cm³/mol. The summed E-state index contributed by atoms with van der Waals surface area (Å²) in [6.07, 6.45) is 0. The van der Waals surface area contributed by atoms with Crippen molar-refractivity contribution in [2.75, 3.05) is 43.0 Å². The minimum absolute atomic E-state index is 0.0294. The quantitative estimate of drug-likeness (QED) is 0.649. The van der Waals surface area contributed by atoms with Gasteiger partial charge in [-0.2, -0.15) is 5.26 Å². The highest BCUT2D eigenvalue weighted by Gasteiger charge is 2.32. The van der Waals surface area contributed by atoms with Gasteiger partial charge in [0, 0.05) is 26.2 Å². The van der Waals surface area contributed by atoms with E-state index in [2.05, 4.69) is 10.6 Å². The number of nitriles is 1. The highest BCUT2D eigenvalue weighted by molar-refractivity contribution is 7.91. The fourth-order valence-corrected chi connectivity index (χ4v) is 4.64. The molecule has 1 saturated heterocycles. The second kappa shape index (κ2) is 9.69. The number of nitrogens with zero attached hydrogens (tertiary/aromatic N) is 2. The third kappa shape index (κ3) is 5.34. The number of halogens is 1. The number of carbonyl (C=O) groups is 1. The first-order valence-corrected chi connectivity index (χ1v) is 11.4. The number of hydrogen-bond donors (Lipinski definition) is 2. The van der Waals surface area contributed by atoms with Crippen LogP contribution >= 0.6 is 0 Å². The van der Waals surface area contributed by atoms with Crippen LogP contribution in [0.15, 0.2) is 48.5 Å². The highest BCUT2D eigenvalue weighted by Crippen LogP contribution is 2.23. The normalized spacial score (nSPS) is 16.9. The van der Waals surface area contributed by atoms with Crippen LogP contribution in [0.3, 0.4) is 0 Å². The predicted octanol–water partition coefficient (Wildman–Crippen LogP) is 1.70. The fourth-order valence-electron chi connectivity index (χ4n) is 3.41. The number of nitrogens with one attached hydrogen (secondary N) is 2. The summed E-state index contributed by atoms with van der Waals surface area (Å²) in [5.74, 6) is -0.777. The van der Waals surface area contributed by atoms with E-state index in [1.54, 1.807) is 6.07 Å². The summed E-state index contributed by atoms with van der Waals surface area (Å²) in [5.41, 5.74) is 1.09. The van der Waals surface area contributed by atoms with Gasteiger partial charge in [-0.3, -0.25) is 9.69 Å². The SMILES string of the molecule is N#Cc1c(F)cccc1NCCNC(=O)C(c1ccccc1)N1CCS(=O)(=O)CC1. The molecule has 0 radical (unpaired) electrons. The molecule has 1 atom stereocenters. The zero-order valence-corrected chi connectivity index (χ0v) is 17.2. The number of sulfone groups is 1. The Labute approximate surface area is 175 Å². The summed E-state index contributed by atoms with van der Waals surface area (Å²) < 4.78 is 37.2. The lowest BCUT2D eigenvalue weighted by Crippen LogP contribution is -2.48. The number of carbonyl (C=O) groups excluding carboxylic acids is 1. The van der Waals surface area contributed by atoms with Gasteiger partial charge >= 0.3 is 0 Å². The lowest BCUT2D eigenvalue weighted by Gasteiger charge is -2.33. The second-order valence-electron chi connectivity index (χ2n) is 6.99. The Morgan fingerprint density at radius 1 is 1.10 bits per heavy atom. The number of rotatable bonds is 7. The van der Waals surface area contributed by atoms with Crippen LogP contribution in [0, 0.1) is 17.1 Å². The minimum Gasteiger partial charge on any atom is -0.382 e. The average molecular weight is 431 g/mol. The number of hydrogen-bond acceptors (Lipinski definition) is 6. The van der Waals surface area contributed by atoms with E-state index in [1.165, 1.54) is 12.1 Å². The molecule has 0 saturated carbocycles. The van der Waals surface area contributed by atoms with Gasteiger partial charge in [-0.15, -0.1) is 0 Å². The summed E-state index contributed by atoms with van der Waals surface area (Å²) in [4.78, 5) is 14.8. The number of anilines is 1. The summed E-state index contributed by atoms with van der Waals surface area (Å²) in [6, 6.07) is 14.8. The van der Waals surface area contributed by atoms with Crippen LogP contribution in [-0.4, -0.2) is 56.9 Å². The zero-order valence-electron chi connectivity index (χ0n) is 16.3. The Morgan fingerprint density at radius 2 is 1.80 bits per heavy atom. The van der Waals surface area contributed by atoms with E-state index in [0.29, 0.717) is 25.3 Å². The van der Waals surface area contributed by atoms with E-state index < -0.39 is 21.7 Å². The van der Waals surface area contributed by atoms with Crippen LogP contribution in [0.4, 0.5) is 10.1 Å². The van der Waals surface area contributed by atoms with Crippen molar-refractivity contribution in [2.24, 2.45) is 0 Å². The molecular formula is C21H23FN4O3S. The van der Waals surface area contributed by atoms with Gasteiger partial charge in [-0.05, 0) is 17.7 Å². The maximum Gasteiger partial charge on any atom is 0.242 e. The van der Waals surface area contributed by atoms with Crippen LogP contribution < -0.4 is 10.6 Å². The Morgan fingerprint density at radius 3 is 2.47 bits per heavy atom.